The number of benzene rings is 1. The van der Waals surface area contributed by atoms with Gasteiger partial charge >= 0.3 is 0 Å². The highest BCUT2D eigenvalue weighted by Gasteiger charge is 2.47. The van der Waals surface area contributed by atoms with Crippen molar-refractivity contribution in [3.05, 3.63) is 23.8 Å². The van der Waals surface area contributed by atoms with Crippen LogP contribution in [0.1, 0.15) is 44.1 Å². The zero-order valence-corrected chi connectivity index (χ0v) is 15.0. The summed E-state index contributed by atoms with van der Waals surface area (Å²) in [6.45, 7) is 0.912. The molecule has 136 valence electrons. The Morgan fingerprint density at radius 2 is 2.00 bits per heavy atom. The third-order valence-corrected chi connectivity index (χ3v) is 7.88. The highest BCUT2D eigenvalue weighted by atomic mass is 32.2. The Balaban J connectivity index is 1.62. The third kappa shape index (κ3) is 2.88. The van der Waals surface area contributed by atoms with Crippen molar-refractivity contribution in [1.29, 1.82) is 0 Å². The number of amides is 1. The Hall–Kier alpha value is -1.44. The molecule has 1 amide bonds. The molecule has 2 heterocycles. The molecule has 0 radical (unpaired) electrons. The minimum Gasteiger partial charge on any atom is -0.392 e. The van der Waals surface area contributed by atoms with E-state index in [1.165, 1.54) is 0 Å². The molecule has 1 aliphatic carbocycles. The van der Waals surface area contributed by atoms with Crippen LogP contribution in [0.15, 0.2) is 23.1 Å². The molecular formula is C18H24N2O4S. The van der Waals surface area contributed by atoms with Crippen LogP contribution in [0.3, 0.4) is 0 Å². The summed E-state index contributed by atoms with van der Waals surface area (Å²) in [4.78, 5) is 11.8. The molecule has 3 aliphatic rings. The molecule has 1 unspecified atom stereocenters. The van der Waals surface area contributed by atoms with Crippen LogP contribution in [-0.4, -0.2) is 42.9 Å². The van der Waals surface area contributed by atoms with E-state index in [2.05, 4.69) is 5.32 Å². The second kappa shape index (κ2) is 6.07. The van der Waals surface area contributed by atoms with E-state index in [0.29, 0.717) is 31.6 Å². The zero-order chi connectivity index (χ0) is 17.7. The van der Waals surface area contributed by atoms with Crippen LogP contribution in [0.25, 0.3) is 0 Å². The predicted molar refractivity (Wildman–Crippen MR) is 93.7 cm³/mol. The molecular weight excluding hydrogens is 340 g/mol. The van der Waals surface area contributed by atoms with Gasteiger partial charge in [-0.05, 0) is 55.9 Å². The minimum atomic E-state index is -3.59. The number of carbonyl (C=O) groups is 1. The van der Waals surface area contributed by atoms with Gasteiger partial charge in [0.15, 0.2) is 0 Å². The minimum absolute atomic E-state index is 0.0312. The van der Waals surface area contributed by atoms with Crippen molar-refractivity contribution in [2.24, 2.45) is 5.41 Å². The number of rotatable bonds is 2. The van der Waals surface area contributed by atoms with Crippen molar-refractivity contribution in [2.45, 2.75) is 55.9 Å². The Morgan fingerprint density at radius 3 is 2.76 bits per heavy atom. The topological polar surface area (TPSA) is 86.7 Å². The maximum atomic E-state index is 13.1. The number of piperidine rings is 1. The Bertz CT molecular complexity index is 807. The summed E-state index contributed by atoms with van der Waals surface area (Å²) in [5.74, 6) is -0.0312. The highest BCUT2D eigenvalue weighted by molar-refractivity contribution is 7.89. The second-order valence-electron chi connectivity index (χ2n) is 7.58. The fraction of sp³-hybridized carbons (Fsp3) is 0.611. The maximum Gasteiger partial charge on any atom is 0.243 e. The summed E-state index contributed by atoms with van der Waals surface area (Å²) in [6, 6.07) is 4.95. The Kier molecular flexibility index (Phi) is 4.13. The number of aryl methyl sites for hydroxylation is 1. The average molecular weight is 364 g/mol. The van der Waals surface area contributed by atoms with E-state index in [0.717, 1.165) is 37.7 Å². The van der Waals surface area contributed by atoms with Crippen LogP contribution in [0.4, 0.5) is 5.69 Å². The number of hydrogen-bond donors (Lipinski definition) is 2. The Labute approximate surface area is 148 Å². The summed E-state index contributed by atoms with van der Waals surface area (Å²) in [7, 11) is -3.59. The number of sulfonamides is 1. The van der Waals surface area contributed by atoms with E-state index in [4.69, 9.17) is 0 Å². The summed E-state index contributed by atoms with van der Waals surface area (Å²) in [5, 5.41) is 13.2. The van der Waals surface area contributed by atoms with Gasteiger partial charge in [-0.25, -0.2) is 8.42 Å². The zero-order valence-electron chi connectivity index (χ0n) is 14.2. The van der Waals surface area contributed by atoms with Gasteiger partial charge in [0.25, 0.3) is 0 Å². The SMILES string of the molecule is O=C1CCc2cc(S(=O)(=O)N3CCC[C@@]4(CCCC4O)C3)ccc2N1. The first kappa shape index (κ1) is 17.0. The molecule has 2 N–H and O–H groups in total. The molecule has 1 saturated carbocycles. The molecule has 2 atom stereocenters. The molecule has 1 aromatic rings. The van der Waals surface area contributed by atoms with Gasteiger partial charge in [-0.3, -0.25) is 4.79 Å². The van der Waals surface area contributed by atoms with Gasteiger partial charge in [0.2, 0.25) is 15.9 Å². The molecule has 6 nitrogen and oxygen atoms in total. The molecule has 4 rings (SSSR count). The van der Waals surface area contributed by atoms with E-state index in [1.807, 2.05) is 0 Å². The maximum absolute atomic E-state index is 13.1. The van der Waals surface area contributed by atoms with Gasteiger partial charge in [-0.1, -0.05) is 6.42 Å². The number of fused-ring (bicyclic) bond motifs is 1. The molecule has 7 heteroatoms. The summed E-state index contributed by atoms with van der Waals surface area (Å²) in [5.41, 5.74) is 1.30. The van der Waals surface area contributed by atoms with Gasteiger partial charge in [-0.15, -0.1) is 0 Å². The van der Waals surface area contributed by atoms with Crippen molar-refractivity contribution in [3.63, 3.8) is 0 Å². The first-order valence-corrected chi connectivity index (χ1v) is 10.5. The number of aliphatic hydroxyl groups excluding tert-OH is 1. The van der Waals surface area contributed by atoms with E-state index < -0.39 is 16.1 Å². The number of nitrogens with zero attached hydrogens (tertiary/aromatic N) is 1. The number of nitrogens with one attached hydrogen (secondary N) is 1. The summed E-state index contributed by atoms with van der Waals surface area (Å²) in [6.07, 6.45) is 4.87. The van der Waals surface area contributed by atoms with E-state index >= 15 is 0 Å². The standard InChI is InChI=1S/C18H24N2O4S/c21-16-3-1-8-18(16)9-2-10-20(12-18)25(23,24)14-5-6-15-13(11-14)4-7-17(22)19-15/h5-6,11,16,21H,1-4,7-10,12H2,(H,19,22)/t16?,18-/m0/s1. The fourth-order valence-electron chi connectivity index (χ4n) is 4.59. The van der Waals surface area contributed by atoms with Gasteiger partial charge in [0, 0.05) is 30.6 Å². The number of aliphatic hydroxyl groups is 1. The van der Waals surface area contributed by atoms with Gasteiger partial charge in [0.1, 0.15) is 0 Å². The molecule has 1 aromatic carbocycles. The van der Waals surface area contributed by atoms with Crippen LogP contribution >= 0.6 is 0 Å². The first-order valence-electron chi connectivity index (χ1n) is 9.02. The molecule has 0 bridgehead atoms. The predicted octanol–water partition coefficient (Wildman–Crippen LogP) is 1.89. The van der Waals surface area contributed by atoms with Crippen molar-refractivity contribution >= 4 is 21.6 Å². The molecule has 2 aliphatic heterocycles. The van der Waals surface area contributed by atoms with E-state index in [1.54, 1.807) is 22.5 Å². The molecule has 1 spiro atoms. The smallest absolute Gasteiger partial charge is 0.243 e. The van der Waals surface area contributed by atoms with Crippen LogP contribution in [0.5, 0.6) is 0 Å². The lowest BCUT2D eigenvalue weighted by Crippen LogP contribution is -2.49. The normalized spacial score (nSPS) is 30.3. The van der Waals surface area contributed by atoms with Crippen LogP contribution in [-0.2, 0) is 21.2 Å². The van der Waals surface area contributed by atoms with Gasteiger partial charge in [-0.2, -0.15) is 4.31 Å². The van der Waals surface area contributed by atoms with Gasteiger partial charge < -0.3 is 10.4 Å². The fourth-order valence-corrected chi connectivity index (χ4v) is 6.21. The van der Waals surface area contributed by atoms with E-state index in [-0.39, 0.29) is 16.2 Å². The molecule has 2 fully saturated rings. The summed E-state index contributed by atoms with van der Waals surface area (Å²) < 4.78 is 27.8. The largest absolute Gasteiger partial charge is 0.392 e. The van der Waals surface area contributed by atoms with Crippen LogP contribution in [0, 0.1) is 5.41 Å². The quantitative estimate of drug-likeness (QED) is 0.839. The Morgan fingerprint density at radius 1 is 1.20 bits per heavy atom. The van der Waals surface area contributed by atoms with Crippen molar-refractivity contribution in [1.82, 2.24) is 4.31 Å². The molecule has 0 aromatic heterocycles. The molecule has 25 heavy (non-hydrogen) atoms. The van der Waals surface area contributed by atoms with Crippen molar-refractivity contribution < 1.29 is 18.3 Å². The number of hydrogen-bond acceptors (Lipinski definition) is 4. The lowest BCUT2D eigenvalue weighted by Gasteiger charge is -2.41. The van der Waals surface area contributed by atoms with E-state index in [9.17, 15) is 18.3 Å². The first-order chi connectivity index (χ1) is 11.9. The second-order valence-corrected chi connectivity index (χ2v) is 9.52. The highest BCUT2D eigenvalue weighted by Crippen LogP contribution is 2.46. The van der Waals surface area contributed by atoms with Gasteiger partial charge in [0.05, 0.1) is 11.0 Å². The lowest BCUT2D eigenvalue weighted by molar-refractivity contribution is -0.116. The third-order valence-electron chi connectivity index (χ3n) is 6.04. The number of anilines is 1. The van der Waals surface area contributed by atoms with Crippen molar-refractivity contribution in [3.8, 4) is 0 Å². The van der Waals surface area contributed by atoms with Crippen LogP contribution in [0.2, 0.25) is 0 Å². The van der Waals surface area contributed by atoms with Crippen LogP contribution < -0.4 is 5.32 Å². The number of carbonyl (C=O) groups excluding carboxylic acids is 1. The lowest BCUT2D eigenvalue weighted by atomic mass is 9.77. The monoisotopic (exact) mass is 364 g/mol. The molecule has 1 saturated heterocycles. The van der Waals surface area contributed by atoms with Crippen molar-refractivity contribution in [2.75, 3.05) is 18.4 Å². The summed E-state index contributed by atoms with van der Waals surface area (Å²) >= 11 is 0. The average Bonchev–Trinajstić information content (AvgIpc) is 2.94.